The number of thioether (sulfide) groups is 2. The van der Waals surface area contributed by atoms with Crippen LogP contribution in [0.5, 0.6) is 0 Å². The molecule has 1 nitrogen and oxygen atoms in total. The minimum absolute atomic E-state index is 0.900. The number of hydrogen-bond donors (Lipinski definition) is 1. The largest absolute Gasteiger partial charge is 0.320 e. The van der Waals surface area contributed by atoms with Crippen molar-refractivity contribution in [3.8, 4) is 0 Å². The quantitative estimate of drug-likeness (QED) is 0.684. The zero-order valence-corrected chi connectivity index (χ0v) is 8.77. The van der Waals surface area contributed by atoms with E-state index in [-0.39, 0.29) is 0 Å². The smallest absolute Gasteiger partial charge is 0.0503 e. The van der Waals surface area contributed by atoms with E-state index in [0.717, 1.165) is 4.58 Å². The average molecular weight is 191 g/mol. The van der Waals surface area contributed by atoms with Crippen LogP contribution in [0.25, 0.3) is 0 Å². The third kappa shape index (κ3) is 4.28. The highest BCUT2D eigenvalue weighted by molar-refractivity contribution is 8.17. The molecule has 0 amide bonds. The number of hydrogen-bond acceptors (Lipinski definition) is 3. The first-order valence-electron chi connectivity index (χ1n) is 4.31. The van der Waals surface area contributed by atoms with Crippen LogP contribution in [-0.2, 0) is 0 Å². The average Bonchev–Trinajstić information content (AvgIpc) is 2.07. The molecule has 0 aromatic rings. The van der Waals surface area contributed by atoms with E-state index in [4.69, 9.17) is 0 Å². The minimum atomic E-state index is 0.900. The Morgan fingerprint density at radius 1 is 1.36 bits per heavy atom. The second-order valence-electron chi connectivity index (χ2n) is 2.77. The van der Waals surface area contributed by atoms with Gasteiger partial charge in [0.25, 0.3) is 0 Å². The number of nitrogens with one attached hydrogen (secondary N) is 1. The van der Waals surface area contributed by atoms with E-state index in [2.05, 4.69) is 28.8 Å². The fraction of sp³-hybridized carbons (Fsp3) is 1.00. The van der Waals surface area contributed by atoms with Crippen molar-refractivity contribution in [1.82, 2.24) is 5.32 Å². The maximum atomic E-state index is 3.19. The SMILES string of the molecule is CNCCCC1SCCCS1. The van der Waals surface area contributed by atoms with Crippen LogP contribution >= 0.6 is 23.5 Å². The van der Waals surface area contributed by atoms with E-state index in [0.29, 0.717) is 0 Å². The molecule has 1 rings (SSSR count). The Morgan fingerprint density at radius 3 is 2.73 bits per heavy atom. The second kappa shape index (κ2) is 6.21. The van der Waals surface area contributed by atoms with Crippen LogP contribution in [0.15, 0.2) is 0 Å². The normalized spacial score (nSPS) is 20.5. The fourth-order valence-corrected chi connectivity index (χ4v) is 4.11. The monoisotopic (exact) mass is 191 g/mol. The lowest BCUT2D eigenvalue weighted by Gasteiger charge is -2.20. The molecule has 0 aliphatic carbocycles. The Kier molecular flexibility index (Phi) is 5.50. The maximum absolute atomic E-state index is 3.19. The Labute approximate surface area is 78.1 Å². The van der Waals surface area contributed by atoms with Crippen molar-refractivity contribution in [3.05, 3.63) is 0 Å². The molecule has 1 N–H and O–H groups in total. The van der Waals surface area contributed by atoms with E-state index in [1.165, 1.54) is 37.3 Å². The van der Waals surface area contributed by atoms with Crippen LogP contribution in [0.3, 0.4) is 0 Å². The molecule has 1 aliphatic rings. The van der Waals surface area contributed by atoms with Crippen LogP contribution in [0.1, 0.15) is 19.3 Å². The maximum Gasteiger partial charge on any atom is 0.0503 e. The lowest BCUT2D eigenvalue weighted by atomic mass is 10.3. The first-order valence-corrected chi connectivity index (χ1v) is 6.41. The molecule has 0 spiro atoms. The molecule has 0 bridgehead atoms. The molecule has 11 heavy (non-hydrogen) atoms. The van der Waals surface area contributed by atoms with Crippen LogP contribution in [0.2, 0.25) is 0 Å². The highest BCUT2D eigenvalue weighted by atomic mass is 32.2. The molecule has 3 heteroatoms. The molecule has 1 heterocycles. The van der Waals surface area contributed by atoms with Crippen LogP contribution in [-0.4, -0.2) is 29.7 Å². The van der Waals surface area contributed by atoms with Gasteiger partial charge in [0.05, 0.1) is 4.58 Å². The molecular formula is C8H17NS2. The van der Waals surface area contributed by atoms with Crippen molar-refractivity contribution in [3.63, 3.8) is 0 Å². The van der Waals surface area contributed by atoms with Crippen LogP contribution in [0.4, 0.5) is 0 Å². The van der Waals surface area contributed by atoms with Gasteiger partial charge in [0.15, 0.2) is 0 Å². The lowest BCUT2D eigenvalue weighted by Crippen LogP contribution is -2.12. The molecule has 1 aliphatic heterocycles. The van der Waals surface area contributed by atoms with E-state index < -0.39 is 0 Å². The predicted octanol–water partition coefficient (Wildman–Crippen LogP) is 2.18. The summed E-state index contributed by atoms with van der Waals surface area (Å²) in [5.74, 6) is 2.77. The van der Waals surface area contributed by atoms with Gasteiger partial charge in [0, 0.05) is 0 Å². The van der Waals surface area contributed by atoms with Crippen molar-refractivity contribution in [2.75, 3.05) is 25.1 Å². The Bertz CT molecular complexity index is 92.1. The summed E-state index contributed by atoms with van der Waals surface area (Å²) in [4.78, 5) is 0. The summed E-state index contributed by atoms with van der Waals surface area (Å²) in [6.45, 7) is 1.18. The van der Waals surface area contributed by atoms with E-state index >= 15 is 0 Å². The summed E-state index contributed by atoms with van der Waals surface area (Å²) in [6.07, 6.45) is 4.13. The van der Waals surface area contributed by atoms with Crippen LogP contribution in [0, 0.1) is 0 Å². The van der Waals surface area contributed by atoms with Crippen LogP contribution < -0.4 is 5.32 Å². The van der Waals surface area contributed by atoms with Crippen molar-refractivity contribution < 1.29 is 0 Å². The highest BCUT2D eigenvalue weighted by Crippen LogP contribution is 2.33. The first kappa shape index (κ1) is 9.75. The molecule has 0 saturated carbocycles. The standard InChI is InChI=1S/C8H17NS2/c1-9-5-2-4-8-10-6-3-7-11-8/h8-9H,2-7H2,1H3. The molecule has 0 aromatic carbocycles. The van der Waals surface area contributed by atoms with Crippen molar-refractivity contribution >= 4 is 23.5 Å². The highest BCUT2D eigenvalue weighted by Gasteiger charge is 2.12. The van der Waals surface area contributed by atoms with Crippen molar-refractivity contribution in [1.29, 1.82) is 0 Å². The third-order valence-electron chi connectivity index (χ3n) is 1.76. The Morgan fingerprint density at radius 2 is 2.09 bits per heavy atom. The van der Waals surface area contributed by atoms with Gasteiger partial charge in [-0.1, -0.05) is 0 Å². The van der Waals surface area contributed by atoms with E-state index in [1.54, 1.807) is 0 Å². The molecular weight excluding hydrogens is 174 g/mol. The summed E-state index contributed by atoms with van der Waals surface area (Å²) < 4.78 is 0.900. The van der Waals surface area contributed by atoms with Gasteiger partial charge in [-0.25, -0.2) is 0 Å². The molecule has 0 unspecified atom stereocenters. The first-order chi connectivity index (χ1) is 5.43. The van der Waals surface area contributed by atoms with Gasteiger partial charge in [0.1, 0.15) is 0 Å². The van der Waals surface area contributed by atoms with E-state index in [9.17, 15) is 0 Å². The fourth-order valence-electron chi connectivity index (χ4n) is 1.15. The molecule has 0 atom stereocenters. The molecule has 66 valence electrons. The van der Waals surface area contributed by atoms with Gasteiger partial charge >= 0.3 is 0 Å². The second-order valence-corrected chi connectivity index (χ2v) is 5.69. The van der Waals surface area contributed by atoms with Gasteiger partial charge in [-0.3, -0.25) is 0 Å². The molecule has 0 aromatic heterocycles. The van der Waals surface area contributed by atoms with Crippen molar-refractivity contribution in [2.24, 2.45) is 0 Å². The topological polar surface area (TPSA) is 12.0 Å². The molecule has 1 fully saturated rings. The summed E-state index contributed by atoms with van der Waals surface area (Å²) in [6, 6.07) is 0. The third-order valence-corrected chi connectivity index (χ3v) is 4.84. The zero-order valence-electron chi connectivity index (χ0n) is 7.14. The van der Waals surface area contributed by atoms with Gasteiger partial charge in [0.2, 0.25) is 0 Å². The summed E-state index contributed by atoms with van der Waals surface area (Å²) in [5.41, 5.74) is 0. The van der Waals surface area contributed by atoms with Gasteiger partial charge in [-0.05, 0) is 44.4 Å². The van der Waals surface area contributed by atoms with Crippen molar-refractivity contribution in [2.45, 2.75) is 23.8 Å². The summed E-state index contributed by atoms with van der Waals surface area (Å²) in [5, 5.41) is 3.19. The number of rotatable bonds is 4. The van der Waals surface area contributed by atoms with E-state index in [1.807, 2.05) is 7.05 Å². The lowest BCUT2D eigenvalue weighted by molar-refractivity contribution is 0.704. The van der Waals surface area contributed by atoms with Gasteiger partial charge in [-0.2, -0.15) is 0 Å². The van der Waals surface area contributed by atoms with Gasteiger partial charge in [-0.15, -0.1) is 23.5 Å². The minimum Gasteiger partial charge on any atom is -0.320 e. The predicted molar refractivity (Wildman–Crippen MR) is 56.5 cm³/mol. The molecule has 0 radical (unpaired) electrons. The zero-order chi connectivity index (χ0) is 7.94. The molecule has 1 saturated heterocycles. The summed E-state index contributed by atoms with van der Waals surface area (Å²) >= 11 is 4.30. The van der Waals surface area contributed by atoms with Gasteiger partial charge < -0.3 is 5.32 Å². The Hall–Kier alpha value is 0.660. The summed E-state index contributed by atoms with van der Waals surface area (Å²) in [7, 11) is 2.03. The Balaban J connectivity index is 1.96.